The monoisotopic (exact) mass is 563 g/mol. The lowest BCUT2D eigenvalue weighted by Crippen LogP contribution is -2.56. The maximum Gasteiger partial charge on any atom is 0.253 e. The number of aromatic hydroxyl groups is 1. The van der Waals surface area contributed by atoms with Crippen molar-refractivity contribution >= 4 is 23.0 Å². The average Bonchev–Trinajstić information content (AvgIpc) is 3.71. The summed E-state index contributed by atoms with van der Waals surface area (Å²) in [6, 6.07) is 2.38. The fourth-order valence-electron chi connectivity index (χ4n) is 7.26. The Labute approximate surface area is 238 Å². The molecular formula is C31H37N3O7. The zero-order valence-electron chi connectivity index (χ0n) is 23.3. The van der Waals surface area contributed by atoms with Gasteiger partial charge in [0.2, 0.25) is 5.79 Å². The summed E-state index contributed by atoms with van der Waals surface area (Å²) in [6.45, 7) is 2.88. The van der Waals surface area contributed by atoms with Crippen LogP contribution in [-0.4, -0.2) is 92.6 Å². The quantitative estimate of drug-likeness (QED) is 0.231. The van der Waals surface area contributed by atoms with Gasteiger partial charge in [-0.2, -0.15) is 0 Å². The van der Waals surface area contributed by atoms with Gasteiger partial charge in [0.05, 0.1) is 11.6 Å². The molecule has 1 heterocycles. The number of benzene rings is 1. The van der Waals surface area contributed by atoms with Crippen LogP contribution in [0.5, 0.6) is 5.75 Å². The van der Waals surface area contributed by atoms with E-state index in [-0.39, 0.29) is 28.9 Å². The molecule has 5 aliphatic rings. The second kappa shape index (κ2) is 9.84. The summed E-state index contributed by atoms with van der Waals surface area (Å²) in [5.41, 5.74) is 7.73. The van der Waals surface area contributed by atoms with Crippen LogP contribution in [0.25, 0.3) is 11.3 Å². The third kappa shape index (κ3) is 4.41. The molecule has 1 aromatic rings. The molecule has 218 valence electrons. The van der Waals surface area contributed by atoms with Crippen molar-refractivity contribution in [2.45, 2.75) is 43.9 Å². The highest BCUT2D eigenvalue weighted by atomic mass is 16.5. The molecule has 10 heteroatoms. The van der Waals surface area contributed by atoms with E-state index >= 15 is 0 Å². The Morgan fingerprint density at radius 1 is 1.15 bits per heavy atom. The molecule has 4 aliphatic carbocycles. The molecule has 1 aliphatic heterocycles. The smallest absolute Gasteiger partial charge is 0.253 e. The van der Waals surface area contributed by atoms with E-state index in [0.717, 1.165) is 48.7 Å². The van der Waals surface area contributed by atoms with Crippen LogP contribution in [0.2, 0.25) is 0 Å². The van der Waals surface area contributed by atoms with Crippen LogP contribution in [0.4, 0.5) is 0 Å². The standard InChI is InChI=1S/C31H37N3O7/c1-33(2)26-19-6-5-17-13-20-18(16-9-11-34(12-10-16)14-15-3-4-15)7-8-21(35)23(20)27(36)22(17)28(37)24(19)31(40,41)25(29(26)38)30(32)39/h6-9,15,17,24,26,35-36,38,40-41H,3-5,10-14H2,1-2H3,(H2,32,39)/t17?,24?,26-/m0/s1. The predicted molar refractivity (Wildman–Crippen MR) is 151 cm³/mol. The first-order valence-electron chi connectivity index (χ1n) is 14.2. The number of likely N-dealkylation sites (N-methyl/N-ethyl adjacent to an activating group) is 1. The third-order valence-electron chi connectivity index (χ3n) is 9.36. The fourth-order valence-corrected chi connectivity index (χ4v) is 7.26. The van der Waals surface area contributed by atoms with E-state index < -0.39 is 52.4 Å². The summed E-state index contributed by atoms with van der Waals surface area (Å²) in [6.07, 6.45) is 7.92. The predicted octanol–water partition coefficient (Wildman–Crippen LogP) is 1.77. The molecule has 6 rings (SSSR count). The van der Waals surface area contributed by atoms with Gasteiger partial charge in [-0.25, -0.2) is 0 Å². The Balaban J connectivity index is 1.44. The van der Waals surface area contributed by atoms with Crippen LogP contribution < -0.4 is 5.73 Å². The Bertz CT molecular complexity index is 1460. The van der Waals surface area contributed by atoms with Gasteiger partial charge in [0.1, 0.15) is 28.8 Å². The van der Waals surface area contributed by atoms with Crippen LogP contribution >= 0.6 is 0 Å². The summed E-state index contributed by atoms with van der Waals surface area (Å²) in [7, 11) is 3.25. The zero-order valence-corrected chi connectivity index (χ0v) is 23.3. The molecule has 1 amide bonds. The molecule has 0 bridgehead atoms. The molecule has 1 aromatic carbocycles. The van der Waals surface area contributed by atoms with Crippen molar-refractivity contribution in [2.75, 3.05) is 33.7 Å². The number of fused-ring (bicyclic) bond motifs is 3. The number of nitrogens with zero attached hydrogens (tertiary/aromatic N) is 2. The second-order valence-corrected chi connectivity index (χ2v) is 12.3. The van der Waals surface area contributed by atoms with Crippen molar-refractivity contribution in [3.05, 3.63) is 63.5 Å². The van der Waals surface area contributed by atoms with Gasteiger partial charge in [0, 0.05) is 25.2 Å². The molecule has 0 aromatic heterocycles. The summed E-state index contributed by atoms with van der Waals surface area (Å²) in [5.74, 6) is -7.78. The van der Waals surface area contributed by atoms with Gasteiger partial charge < -0.3 is 31.3 Å². The van der Waals surface area contributed by atoms with Gasteiger partial charge in [0.25, 0.3) is 5.91 Å². The normalized spacial score (nSPS) is 28.0. The maximum absolute atomic E-state index is 14.2. The van der Waals surface area contributed by atoms with Crippen LogP contribution in [0.15, 0.2) is 46.8 Å². The van der Waals surface area contributed by atoms with Gasteiger partial charge in [-0.15, -0.1) is 0 Å². The zero-order chi connectivity index (χ0) is 29.4. The lowest BCUT2D eigenvalue weighted by Gasteiger charge is -2.42. The van der Waals surface area contributed by atoms with Gasteiger partial charge in [-0.05, 0) is 86.4 Å². The van der Waals surface area contributed by atoms with E-state index in [1.165, 1.54) is 18.9 Å². The van der Waals surface area contributed by atoms with Crippen LogP contribution in [0.3, 0.4) is 0 Å². The minimum absolute atomic E-state index is 0.0374. The number of amides is 1. The van der Waals surface area contributed by atoms with Crippen molar-refractivity contribution in [2.24, 2.45) is 23.5 Å². The number of nitrogens with two attached hydrogens (primary N) is 1. The number of aliphatic hydroxyl groups is 4. The molecule has 0 spiro atoms. The molecule has 0 saturated heterocycles. The fraction of sp³-hybridized carbons (Fsp3) is 0.484. The number of rotatable bonds is 5. The first kappa shape index (κ1) is 27.7. The number of Topliss-reactive ketones (excluding diaryl/α,β-unsaturated/α-hetero) is 1. The molecule has 3 atom stereocenters. The molecule has 41 heavy (non-hydrogen) atoms. The molecule has 0 radical (unpaired) electrons. The van der Waals surface area contributed by atoms with Crippen molar-refractivity contribution < 1.29 is 35.1 Å². The van der Waals surface area contributed by atoms with E-state index in [0.29, 0.717) is 6.42 Å². The lowest BCUT2D eigenvalue weighted by atomic mass is 9.70. The minimum Gasteiger partial charge on any atom is -0.510 e. The number of hydrogen-bond acceptors (Lipinski definition) is 9. The van der Waals surface area contributed by atoms with Gasteiger partial charge in [-0.1, -0.05) is 18.2 Å². The van der Waals surface area contributed by atoms with Crippen molar-refractivity contribution in [1.29, 1.82) is 0 Å². The number of ketones is 1. The topological polar surface area (TPSA) is 168 Å². The maximum atomic E-state index is 14.2. The number of carbonyl (C=O) groups is 2. The number of hydrogen-bond donors (Lipinski definition) is 6. The van der Waals surface area contributed by atoms with Crippen LogP contribution in [0, 0.1) is 17.8 Å². The van der Waals surface area contributed by atoms with Gasteiger partial charge in [-0.3, -0.25) is 19.4 Å². The molecule has 10 nitrogen and oxygen atoms in total. The minimum atomic E-state index is -3.10. The highest BCUT2D eigenvalue weighted by Gasteiger charge is 2.58. The Hall–Kier alpha value is -3.44. The highest BCUT2D eigenvalue weighted by molar-refractivity contribution is 6.09. The van der Waals surface area contributed by atoms with Gasteiger partial charge in [0.15, 0.2) is 5.78 Å². The SMILES string of the molecule is CN(C)[C@H]1C2=CCC3Cc4c(C5=CCN(CC6CC6)CC5)ccc(O)c4C(O)=C3C(=O)C2C(O)(O)C(C(N)=O)=C1O. The third-order valence-corrected chi connectivity index (χ3v) is 9.36. The average molecular weight is 564 g/mol. The van der Waals surface area contributed by atoms with Crippen molar-refractivity contribution in [3.63, 3.8) is 0 Å². The summed E-state index contributed by atoms with van der Waals surface area (Å²) in [5, 5.41) is 55.8. The molecule has 1 fully saturated rings. The van der Waals surface area contributed by atoms with Crippen molar-refractivity contribution in [3.8, 4) is 5.75 Å². The van der Waals surface area contributed by atoms with Crippen molar-refractivity contribution in [1.82, 2.24) is 9.80 Å². The number of aliphatic hydroxyl groups excluding tert-OH is 2. The Kier molecular flexibility index (Phi) is 6.65. The summed E-state index contributed by atoms with van der Waals surface area (Å²) < 4.78 is 0. The van der Waals surface area contributed by atoms with Gasteiger partial charge >= 0.3 is 0 Å². The molecular weight excluding hydrogens is 526 g/mol. The molecule has 7 N–H and O–H groups in total. The number of allylic oxidation sites excluding steroid dienone is 2. The Morgan fingerprint density at radius 3 is 2.49 bits per heavy atom. The van der Waals surface area contributed by atoms with Crippen LogP contribution in [0.1, 0.15) is 42.4 Å². The number of primary amides is 1. The van der Waals surface area contributed by atoms with E-state index in [1.807, 2.05) is 6.07 Å². The van der Waals surface area contributed by atoms with E-state index in [2.05, 4.69) is 11.0 Å². The summed E-state index contributed by atoms with van der Waals surface area (Å²) >= 11 is 0. The first-order valence-corrected chi connectivity index (χ1v) is 14.2. The summed E-state index contributed by atoms with van der Waals surface area (Å²) in [4.78, 5) is 30.4. The lowest BCUT2D eigenvalue weighted by molar-refractivity contribution is -0.176. The number of carbonyl (C=O) groups excluding carboxylic acids is 2. The van der Waals surface area contributed by atoms with E-state index in [9.17, 15) is 35.1 Å². The highest BCUT2D eigenvalue weighted by Crippen LogP contribution is 2.50. The second-order valence-electron chi connectivity index (χ2n) is 12.3. The first-order chi connectivity index (χ1) is 19.4. The van der Waals surface area contributed by atoms with Crippen LogP contribution in [-0.2, 0) is 16.0 Å². The number of phenols is 1. The number of phenolic OH excluding ortho intramolecular Hbond substituents is 1. The largest absolute Gasteiger partial charge is 0.510 e. The molecule has 1 saturated carbocycles. The van der Waals surface area contributed by atoms with E-state index in [4.69, 9.17) is 5.73 Å². The Morgan fingerprint density at radius 2 is 1.88 bits per heavy atom. The van der Waals surface area contributed by atoms with E-state index in [1.54, 1.807) is 25.1 Å². The molecule has 2 unspecified atom stereocenters.